The number of hydrogen-bond acceptors (Lipinski definition) is 8. The van der Waals surface area contributed by atoms with Gasteiger partial charge in [-0.05, 0) is 31.6 Å². The highest BCUT2D eigenvalue weighted by atomic mass is 79.9. The first kappa shape index (κ1) is 23.8. The van der Waals surface area contributed by atoms with Crippen LogP contribution < -0.4 is 4.72 Å². The Kier molecular flexibility index (Phi) is 6.31. The first-order chi connectivity index (χ1) is 15.1. The maximum atomic E-state index is 13.4. The van der Waals surface area contributed by atoms with Crippen LogP contribution in [0.2, 0.25) is 0 Å². The second kappa shape index (κ2) is 8.48. The number of allylic oxidation sites excluding steroid dienone is 4. The zero-order valence-electron chi connectivity index (χ0n) is 17.3. The molecule has 5 unspecified atom stereocenters. The van der Waals surface area contributed by atoms with E-state index in [-0.39, 0.29) is 49.4 Å². The molecule has 0 aromatic rings. The molecule has 1 saturated heterocycles. The van der Waals surface area contributed by atoms with E-state index in [0.29, 0.717) is 0 Å². The lowest BCUT2D eigenvalue weighted by Crippen LogP contribution is -2.45. The lowest BCUT2D eigenvalue weighted by atomic mass is 9.94. The average Bonchev–Trinajstić information content (AvgIpc) is 3.26. The van der Waals surface area contributed by atoms with E-state index in [1.807, 2.05) is 0 Å². The zero-order chi connectivity index (χ0) is 23.3. The molecule has 4 rings (SSSR count). The number of carbonyl (C=O) groups excluding carboxylic acids is 1. The number of halogens is 2. The summed E-state index contributed by atoms with van der Waals surface area (Å²) in [5.74, 6) is -2.66. The summed E-state index contributed by atoms with van der Waals surface area (Å²) >= 11 is 3.26. The Hall–Kier alpha value is -1.31. The van der Waals surface area contributed by atoms with Gasteiger partial charge in [-0.2, -0.15) is 0 Å². The molecule has 4 aliphatic rings. The minimum atomic E-state index is -4.11. The topological polar surface area (TPSA) is 131 Å². The molecule has 3 aliphatic carbocycles. The molecule has 2 fully saturated rings. The van der Waals surface area contributed by atoms with Gasteiger partial charge in [0, 0.05) is 25.0 Å². The van der Waals surface area contributed by atoms with Crippen LogP contribution in [0.5, 0.6) is 0 Å². The Morgan fingerprint density at radius 2 is 2.16 bits per heavy atom. The molecule has 9 nitrogen and oxygen atoms in total. The summed E-state index contributed by atoms with van der Waals surface area (Å²) in [5.41, 5.74) is -0.969. The molecule has 1 aliphatic heterocycles. The van der Waals surface area contributed by atoms with Gasteiger partial charge in [-0.25, -0.2) is 17.6 Å². The fourth-order valence-electron chi connectivity index (χ4n) is 4.40. The summed E-state index contributed by atoms with van der Waals surface area (Å²) in [4.78, 5) is 12.2. The van der Waals surface area contributed by atoms with Crippen LogP contribution >= 0.6 is 15.9 Å². The lowest BCUT2D eigenvalue weighted by molar-refractivity contribution is -0.157. The van der Waals surface area contributed by atoms with Crippen molar-refractivity contribution in [1.29, 1.82) is 0 Å². The molecule has 178 valence electrons. The Morgan fingerprint density at radius 1 is 1.44 bits per heavy atom. The molecule has 6 atom stereocenters. The molecule has 32 heavy (non-hydrogen) atoms. The van der Waals surface area contributed by atoms with Crippen molar-refractivity contribution in [2.75, 3.05) is 13.2 Å². The van der Waals surface area contributed by atoms with Crippen molar-refractivity contribution in [3.05, 3.63) is 35.3 Å². The van der Waals surface area contributed by atoms with Crippen LogP contribution in [-0.4, -0.2) is 71.5 Å². The van der Waals surface area contributed by atoms with Gasteiger partial charge in [0.15, 0.2) is 5.79 Å². The number of esters is 1. The van der Waals surface area contributed by atoms with Crippen molar-refractivity contribution >= 4 is 31.9 Å². The molecule has 1 heterocycles. The van der Waals surface area contributed by atoms with E-state index >= 15 is 0 Å². The predicted octanol–water partition coefficient (Wildman–Crippen LogP) is 1.07. The summed E-state index contributed by atoms with van der Waals surface area (Å²) < 4.78 is 59.3. The van der Waals surface area contributed by atoms with Crippen LogP contribution in [0.25, 0.3) is 0 Å². The fraction of sp³-hybridized carbons (Fsp3) is 0.650. The van der Waals surface area contributed by atoms with Crippen LogP contribution in [0.15, 0.2) is 35.3 Å². The Morgan fingerprint density at radius 3 is 2.72 bits per heavy atom. The maximum absolute atomic E-state index is 13.4. The lowest BCUT2D eigenvalue weighted by Gasteiger charge is -2.34. The number of carbonyl (C=O) groups is 1. The molecule has 3 N–H and O–H groups in total. The Labute approximate surface area is 193 Å². The predicted molar refractivity (Wildman–Crippen MR) is 114 cm³/mol. The first-order valence-electron chi connectivity index (χ1n) is 10.3. The van der Waals surface area contributed by atoms with Gasteiger partial charge in [0.1, 0.15) is 22.8 Å². The minimum absolute atomic E-state index is 0.00264. The number of aliphatic hydroxyl groups excluding tert-OH is 2. The van der Waals surface area contributed by atoms with Gasteiger partial charge < -0.3 is 24.4 Å². The minimum Gasteiger partial charge on any atom is -0.463 e. The van der Waals surface area contributed by atoms with E-state index in [9.17, 15) is 27.8 Å². The number of hydrogen-bond donors (Lipinski definition) is 3. The molecule has 2 spiro atoms. The highest BCUT2D eigenvalue weighted by Gasteiger charge is 2.70. The van der Waals surface area contributed by atoms with E-state index in [0.717, 1.165) is 0 Å². The molecule has 12 heteroatoms. The van der Waals surface area contributed by atoms with E-state index in [1.54, 1.807) is 6.92 Å². The number of ether oxygens (including phenoxy) is 3. The summed E-state index contributed by atoms with van der Waals surface area (Å²) in [7, 11) is -4.11. The van der Waals surface area contributed by atoms with Crippen LogP contribution in [0.3, 0.4) is 0 Å². The molecule has 0 amide bonds. The van der Waals surface area contributed by atoms with Gasteiger partial charge in [-0.1, -0.05) is 15.9 Å². The second-order valence-corrected chi connectivity index (χ2v) is 11.2. The summed E-state index contributed by atoms with van der Waals surface area (Å²) in [6.45, 7) is 1.24. The third kappa shape index (κ3) is 4.16. The highest BCUT2D eigenvalue weighted by molar-refractivity contribution is 9.09. The van der Waals surface area contributed by atoms with Crippen molar-refractivity contribution in [3.63, 3.8) is 0 Å². The van der Waals surface area contributed by atoms with Crippen molar-refractivity contribution < 1.29 is 42.0 Å². The zero-order valence-corrected chi connectivity index (χ0v) is 19.7. The summed E-state index contributed by atoms with van der Waals surface area (Å²) in [5, 5.41) is 18.4. The fourth-order valence-corrected chi connectivity index (χ4v) is 6.74. The monoisotopic (exact) mass is 537 g/mol. The van der Waals surface area contributed by atoms with Gasteiger partial charge in [0.2, 0.25) is 10.0 Å². The maximum Gasteiger partial charge on any atom is 0.335 e. The Bertz CT molecular complexity index is 998. The van der Waals surface area contributed by atoms with Gasteiger partial charge in [0.25, 0.3) is 0 Å². The number of aliphatic hydroxyl groups is 2. The van der Waals surface area contributed by atoms with E-state index < -0.39 is 56.3 Å². The molecule has 0 aromatic carbocycles. The molecule has 0 bridgehead atoms. The van der Waals surface area contributed by atoms with Gasteiger partial charge in [-0.3, -0.25) is 4.72 Å². The standard InChI is InChI=1S/C20H25BrFNO8S/c1-2-29-18(26)12-8-19(30-17(10-24)20(31-19)9-16(20)25)6-5-15(12)32(27,28)23-14-4-3-11(22)7-13(14)21/h3-4,8,13,15-17,23-25H,2,5-7,9-10H2,1H3/t13?,15?,16?,17-,19?,20?/m1/s1. The quantitative estimate of drug-likeness (QED) is 0.338. The molecule has 1 saturated carbocycles. The van der Waals surface area contributed by atoms with Crippen LogP contribution in [-0.2, 0) is 29.0 Å². The third-order valence-electron chi connectivity index (χ3n) is 6.11. The van der Waals surface area contributed by atoms with Crippen molar-refractivity contribution in [1.82, 2.24) is 4.72 Å². The van der Waals surface area contributed by atoms with Gasteiger partial charge in [0.05, 0.1) is 29.7 Å². The number of rotatable bonds is 6. The first-order valence-corrected chi connectivity index (χ1v) is 12.8. The number of nitrogens with one attached hydrogen (secondary N) is 1. The smallest absolute Gasteiger partial charge is 0.335 e. The van der Waals surface area contributed by atoms with Crippen molar-refractivity contribution in [3.8, 4) is 0 Å². The second-order valence-electron chi connectivity index (χ2n) is 8.28. The van der Waals surface area contributed by atoms with E-state index in [2.05, 4.69) is 20.7 Å². The summed E-state index contributed by atoms with van der Waals surface area (Å²) in [6, 6.07) is 0. The van der Waals surface area contributed by atoms with Crippen molar-refractivity contribution in [2.24, 2.45) is 0 Å². The Balaban J connectivity index is 1.65. The number of alkyl halides is 1. The molecule has 0 radical (unpaired) electrons. The van der Waals surface area contributed by atoms with E-state index in [1.165, 1.54) is 18.2 Å². The van der Waals surface area contributed by atoms with Gasteiger partial charge in [-0.15, -0.1) is 0 Å². The van der Waals surface area contributed by atoms with Crippen LogP contribution in [0.4, 0.5) is 4.39 Å². The largest absolute Gasteiger partial charge is 0.463 e. The average molecular weight is 538 g/mol. The SMILES string of the molecule is CCOC(=O)C1=CC2(CCC1S(=O)(=O)NC1=CC=C(F)CC1Br)O[C@H](CO)C1(CC1O)O2. The van der Waals surface area contributed by atoms with Crippen molar-refractivity contribution in [2.45, 2.75) is 66.3 Å². The third-order valence-corrected chi connectivity index (χ3v) is 8.69. The summed E-state index contributed by atoms with van der Waals surface area (Å²) in [6.07, 6.45) is 2.52. The highest BCUT2D eigenvalue weighted by Crippen LogP contribution is 2.55. The van der Waals surface area contributed by atoms with Crippen LogP contribution in [0, 0.1) is 0 Å². The van der Waals surface area contributed by atoms with E-state index in [4.69, 9.17) is 14.2 Å². The number of sulfonamides is 1. The molecule has 0 aromatic heterocycles. The van der Waals surface area contributed by atoms with Crippen LogP contribution in [0.1, 0.15) is 32.6 Å². The normalized spacial score (nSPS) is 38.8. The molecular weight excluding hydrogens is 513 g/mol. The molecular formula is C20H25BrFNO8S. The van der Waals surface area contributed by atoms with Gasteiger partial charge >= 0.3 is 5.97 Å².